The summed E-state index contributed by atoms with van der Waals surface area (Å²) in [4.78, 5) is 42.9. The number of aromatic amines is 2. The van der Waals surface area contributed by atoms with Crippen molar-refractivity contribution in [2.75, 3.05) is 0 Å². The molecule has 15 nitrogen and oxygen atoms in total. The van der Waals surface area contributed by atoms with Gasteiger partial charge in [0.15, 0.2) is 5.58 Å². The van der Waals surface area contributed by atoms with Crippen molar-refractivity contribution in [1.29, 1.82) is 0 Å². The van der Waals surface area contributed by atoms with Crippen LogP contribution < -0.4 is 16.4 Å². The van der Waals surface area contributed by atoms with E-state index in [2.05, 4.69) is 46.4 Å². The lowest BCUT2D eigenvalue weighted by atomic mass is 10.0. The number of amides is 2. The van der Waals surface area contributed by atoms with Gasteiger partial charge in [-0.2, -0.15) is 5.21 Å². The van der Waals surface area contributed by atoms with Crippen LogP contribution in [0, 0.1) is 4.77 Å². The SMILES string of the molecule is Cn1c(=O)oc2ccc(CNC(=O)c3cc(C(=O)N[C@H]4CCc5cc(-c6nn[nH]n6)ccc54)nc4n[nH]c(=S)n34)cc21. The molecule has 0 saturated heterocycles. The number of tetrazole rings is 1. The zero-order valence-electron chi connectivity index (χ0n) is 21.9. The van der Waals surface area contributed by atoms with E-state index in [-0.39, 0.29) is 34.5 Å². The van der Waals surface area contributed by atoms with Crippen molar-refractivity contribution in [2.24, 2.45) is 7.05 Å². The quantitative estimate of drug-likeness (QED) is 0.210. The first-order valence-electron chi connectivity index (χ1n) is 12.9. The summed E-state index contributed by atoms with van der Waals surface area (Å²) >= 11 is 5.32. The molecular formula is C26H21N11O4S. The van der Waals surface area contributed by atoms with Crippen LogP contribution in [-0.2, 0) is 20.0 Å². The topological polar surface area (TPSA) is 194 Å². The van der Waals surface area contributed by atoms with Gasteiger partial charge in [0.2, 0.25) is 10.6 Å². The Labute approximate surface area is 240 Å². The summed E-state index contributed by atoms with van der Waals surface area (Å²) in [6, 6.07) is 12.2. The highest BCUT2D eigenvalue weighted by Gasteiger charge is 2.27. The number of nitrogens with one attached hydrogen (secondary N) is 4. The van der Waals surface area contributed by atoms with E-state index in [1.165, 1.54) is 15.0 Å². The van der Waals surface area contributed by atoms with Crippen molar-refractivity contribution in [3.05, 3.63) is 85.9 Å². The number of H-pyrrole nitrogens is 2. The van der Waals surface area contributed by atoms with Crippen LogP contribution in [0.1, 0.15) is 50.1 Å². The Hall–Kier alpha value is -5.51. The molecule has 16 heteroatoms. The van der Waals surface area contributed by atoms with Crippen molar-refractivity contribution in [3.63, 3.8) is 0 Å². The van der Waals surface area contributed by atoms with Gasteiger partial charge in [0, 0.05) is 19.2 Å². The molecule has 42 heavy (non-hydrogen) atoms. The molecule has 2 amide bonds. The van der Waals surface area contributed by atoms with Gasteiger partial charge in [0.1, 0.15) is 11.4 Å². The number of hydrogen-bond donors (Lipinski definition) is 4. The summed E-state index contributed by atoms with van der Waals surface area (Å²) in [7, 11) is 1.61. The van der Waals surface area contributed by atoms with E-state index in [0.717, 1.165) is 28.7 Å². The van der Waals surface area contributed by atoms with Crippen LogP contribution in [0.25, 0.3) is 28.3 Å². The summed E-state index contributed by atoms with van der Waals surface area (Å²) in [6.45, 7) is 0.148. The molecule has 0 fully saturated rings. The van der Waals surface area contributed by atoms with E-state index >= 15 is 0 Å². The van der Waals surface area contributed by atoms with E-state index in [0.29, 0.717) is 23.3 Å². The predicted octanol–water partition coefficient (Wildman–Crippen LogP) is 1.76. The van der Waals surface area contributed by atoms with E-state index in [4.69, 9.17) is 16.6 Å². The van der Waals surface area contributed by atoms with Gasteiger partial charge >= 0.3 is 5.76 Å². The lowest BCUT2D eigenvalue weighted by Crippen LogP contribution is -2.30. The molecule has 0 aliphatic heterocycles. The Morgan fingerprint density at radius 1 is 1.14 bits per heavy atom. The van der Waals surface area contributed by atoms with Crippen LogP contribution in [-0.4, -0.2) is 56.6 Å². The number of nitrogens with zero attached hydrogens (tertiary/aromatic N) is 7. The minimum absolute atomic E-state index is 0.0216. The first kappa shape index (κ1) is 25.5. The number of rotatable bonds is 6. The summed E-state index contributed by atoms with van der Waals surface area (Å²) in [5.41, 5.74) is 4.82. The molecule has 4 aromatic heterocycles. The van der Waals surface area contributed by atoms with E-state index in [9.17, 15) is 14.4 Å². The molecule has 0 spiro atoms. The molecule has 0 saturated carbocycles. The van der Waals surface area contributed by atoms with Crippen molar-refractivity contribution in [2.45, 2.75) is 25.4 Å². The Bertz CT molecular complexity index is 2140. The number of hydrogen-bond acceptors (Lipinski definition) is 10. The summed E-state index contributed by atoms with van der Waals surface area (Å²) in [5.74, 6) is -0.828. The number of carbonyl (C=O) groups excluding carboxylic acids is 2. The average molecular weight is 584 g/mol. The second-order valence-corrected chi connectivity index (χ2v) is 10.2. The molecule has 6 aromatic rings. The van der Waals surface area contributed by atoms with Crippen LogP contribution in [0.4, 0.5) is 0 Å². The molecule has 1 aliphatic carbocycles. The fourth-order valence-corrected chi connectivity index (χ4v) is 5.40. The average Bonchev–Trinajstić information content (AvgIpc) is 3.80. The highest BCUT2D eigenvalue weighted by Crippen LogP contribution is 2.33. The fourth-order valence-electron chi connectivity index (χ4n) is 5.18. The lowest BCUT2D eigenvalue weighted by molar-refractivity contribution is 0.0931. The number of benzene rings is 2. The minimum Gasteiger partial charge on any atom is -0.408 e. The first-order valence-corrected chi connectivity index (χ1v) is 13.3. The molecule has 1 aliphatic rings. The Kier molecular flexibility index (Phi) is 5.97. The maximum atomic E-state index is 13.4. The Balaban J connectivity index is 1.13. The zero-order chi connectivity index (χ0) is 29.0. The zero-order valence-corrected chi connectivity index (χ0v) is 22.7. The highest BCUT2D eigenvalue weighted by molar-refractivity contribution is 7.71. The van der Waals surface area contributed by atoms with Gasteiger partial charge in [0.25, 0.3) is 17.6 Å². The molecule has 4 N–H and O–H groups in total. The number of carbonyl (C=O) groups is 2. The molecule has 2 aromatic carbocycles. The fraction of sp³-hybridized carbons (Fsp3) is 0.192. The van der Waals surface area contributed by atoms with Gasteiger partial charge in [-0.05, 0) is 71.2 Å². The molecule has 7 rings (SSSR count). The van der Waals surface area contributed by atoms with Crippen molar-refractivity contribution < 1.29 is 14.0 Å². The van der Waals surface area contributed by atoms with Crippen LogP contribution in [0.15, 0.2) is 51.7 Å². The second-order valence-electron chi connectivity index (χ2n) is 9.82. The third-order valence-corrected chi connectivity index (χ3v) is 7.57. The summed E-state index contributed by atoms with van der Waals surface area (Å²) < 4.78 is 8.08. The maximum Gasteiger partial charge on any atom is 0.419 e. The predicted molar refractivity (Wildman–Crippen MR) is 149 cm³/mol. The van der Waals surface area contributed by atoms with Gasteiger partial charge in [0.05, 0.1) is 11.6 Å². The molecule has 1 atom stereocenters. The van der Waals surface area contributed by atoms with Gasteiger partial charge in [-0.3, -0.25) is 14.2 Å². The van der Waals surface area contributed by atoms with Crippen molar-refractivity contribution >= 4 is 40.9 Å². The second kappa shape index (κ2) is 9.84. The van der Waals surface area contributed by atoms with E-state index in [1.807, 2.05) is 18.2 Å². The first-order chi connectivity index (χ1) is 20.4. The van der Waals surface area contributed by atoms with Gasteiger partial charge in [-0.25, -0.2) is 19.3 Å². The highest BCUT2D eigenvalue weighted by atomic mass is 32.1. The van der Waals surface area contributed by atoms with Gasteiger partial charge in [-0.15, -0.1) is 15.3 Å². The minimum atomic E-state index is -0.490. The number of oxazole rings is 1. The summed E-state index contributed by atoms with van der Waals surface area (Å²) in [6.07, 6.45) is 1.46. The monoisotopic (exact) mass is 583 g/mol. The lowest BCUT2D eigenvalue weighted by Gasteiger charge is -2.15. The van der Waals surface area contributed by atoms with Gasteiger partial charge in [-0.1, -0.05) is 18.2 Å². The Morgan fingerprint density at radius 3 is 2.86 bits per heavy atom. The standard InChI is InChI=1S/C26H21N11O4S/c1-36-18-8-12(2-7-20(18)41-26(36)40)11-27-23(39)19-10-17(29-24-32-33-25(42)37(19)24)22(38)28-16-6-4-13-9-14(3-5-15(13)16)21-30-34-35-31-21/h2-3,5,7-10,16H,4,6,11H2,1H3,(H,27,39)(H,28,38)(H,33,42)(H,30,31,34,35)/t16-/m0/s1. The normalized spacial score (nSPS) is 14.4. The molecule has 0 radical (unpaired) electrons. The van der Waals surface area contributed by atoms with Gasteiger partial charge < -0.3 is 15.1 Å². The van der Waals surface area contributed by atoms with Crippen molar-refractivity contribution in [1.82, 2.24) is 55.4 Å². The smallest absolute Gasteiger partial charge is 0.408 e. The van der Waals surface area contributed by atoms with Crippen LogP contribution in [0.2, 0.25) is 0 Å². The van der Waals surface area contributed by atoms with Crippen LogP contribution in [0.3, 0.4) is 0 Å². The molecule has 210 valence electrons. The number of aryl methyl sites for hydroxylation is 2. The summed E-state index contributed by atoms with van der Waals surface area (Å²) in [5, 5.41) is 26.7. The van der Waals surface area contributed by atoms with E-state index < -0.39 is 17.6 Å². The molecule has 0 bridgehead atoms. The molecular weight excluding hydrogens is 562 g/mol. The molecule has 0 unspecified atom stereocenters. The third-order valence-electron chi connectivity index (χ3n) is 7.29. The largest absolute Gasteiger partial charge is 0.419 e. The number of aromatic nitrogens is 9. The van der Waals surface area contributed by atoms with E-state index in [1.54, 1.807) is 25.2 Å². The molecule has 4 heterocycles. The van der Waals surface area contributed by atoms with Crippen molar-refractivity contribution in [3.8, 4) is 11.4 Å². The Morgan fingerprint density at radius 2 is 2.02 bits per heavy atom. The third kappa shape index (κ3) is 4.33. The van der Waals surface area contributed by atoms with Crippen LogP contribution >= 0.6 is 12.2 Å². The maximum absolute atomic E-state index is 13.4. The number of fused-ring (bicyclic) bond motifs is 3. The van der Waals surface area contributed by atoms with Crippen LogP contribution in [0.5, 0.6) is 0 Å².